The van der Waals surface area contributed by atoms with Crippen molar-refractivity contribution in [1.82, 2.24) is 5.32 Å². The predicted octanol–water partition coefficient (Wildman–Crippen LogP) is 1.90. The van der Waals surface area contributed by atoms with Gasteiger partial charge in [0.25, 0.3) is 0 Å². The second-order valence-corrected chi connectivity index (χ2v) is 3.66. The van der Waals surface area contributed by atoms with Crippen LogP contribution in [-0.2, 0) is 6.42 Å². The van der Waals surface area contributed by atoms with E-state index in [1.165, 1.54) is 11.3 Å². The van der Waals surface area contributed by atoms with Crippen molar-refractivity contribution in [3.63, 3.8) is 0 Å². The third-order valence-corrected chi connectivity index (χ3v) is 2.29. The number of benzene rings is 1. The quantitative estimate of drug-likeness (QED) is 0.717. The average Bonchev–Trinajstić information content (AvgIpc) is 2.19. The van der Waals surface area contributed by atoms with Crippen LogP contribution in [-0.4, -0.2) is 27.2 Å². The highest BCUT2D eigenvalue weighted by molar-refractivity contribution is 5.45. The van der Waals surface area contributed by atoms with E-state index in [0.717, 1.165) is 19.5 Å². The van der Waals surface area contributed by atoms with E-state index in [4.69, 9.17) is 0 Å². The van der Waals surface area contributed by atoms with Gasteiger partial charge < -0.3 is 10.2 Å². The summed E-state index contributed by atoms with van der Waals surface area (Å²) in [6.07, 6.45) is 1.11. The molecule has 14 heavy (non-hydrogen) atoms. The van der Waals surface area contributed by atoms with Crippen LogP contribution < -0.4 is 10.2 Å². The highest BCUT2D eigenvalue weighted by atomic mass is 15.1. The number of likely N-dealkylation sites (N-methyl/N-ethyl adjacent to an activating group) is 1. The van der Waals surface area contributed by atoms with Crippen molar-refractivity contribution < 1.29 is 0 Å². The molecule has 0 saturated carbocycles. The number of rotatable bonds is 5. The van der Waals surface area contributed by atoms with Crippen molar-refractivity contribution in [1.29, 1.82) is 0 Å². The van der Waals surface area contributed by atoms with E-state index in [1.807, 2.05) is 0 Å². The Morgan fingerprint density at radius 2 is 1.79 bits per heavy atom. The molecule has 1 aromatic rings. The molecule has 1 aromatic carbocycles. The summed E-state index contributed by atoms with van der Waals surface area (Å²) in [6.45, 7) is 4.25. The van der Waals surface area contributed by atoms with Gasteiger partial charge in [-0.3, -0.25) is 0 Å². The van der Waals surface area contributed by atoms with E-state index < -0.39 is 0 Å². The Balaban J connectivity index is 2.47. The van der Waals surface area contributed by atoms with E-state index in [2.05, 4.69) is 55.5 Å². The SMILES string of the molecule is CCNCCc1ccc(N(C)C)cc1. The molecule has 0 fully saturated rings. The zero-order valence-corrected chi connectivity index (χ0v) is 9.38. The monoisotopic (exact) mass is 192 g/mol. The van der Waals surface area contributed by atoms with Crippen molar-refractivity contribution >= 4 is 5.69 Å². The van der Waals surface area contributed by atoms with E-state index in [-0.39, 0.29) is 0 Å². The summed E-state index contributed by atoms with van der Waals surface area (Å²) < 4.78 is 0. The maximum Gasteiger partial charge on any atom is 0.0361 e. The first-order valence-electron chi connectivity index (χ1n) is 5.21. The minimum atomic E-state index is 1.05. The van der Waals surface area contributed by atoms with Crippen LogP contribution in [0.5, 0.6) is 0 Å². The van der Waals surface area contributed by atoms with Crippen LogP contribution in [0.15, 0.2) is 24.3 Å². The van der Waals surface area contributed by atoms with Gasteiger partial charge in [-0.1, -0.05) is 19.1 Å². The Kier molecular flexibility index (Phi) is 4.47. The van der Waals surface area contributed by atoms with Gasteiger partial charge in [0.2, 0.25) is 0 Å². The number of hydrogen-bond donors (Lipinski definition) is 1. The highest BCUT2D eigenvalue weighted by Gasteiger charge is 1.95. The zero-order valence-electron chi connectivity index (χ0n) is 9.38. The molecular weight excluding hydrogens is 172 g/mol. The second-order valence-electron chi connectivity index (χ2n) is 3.66. The van der Waals surface area contributed by atoms with Crippen LogP contribution in [0.1, 0.15) is 12.5 Å². The first-order chi connectivity index (χ1) is 6.74. The van der Waals surface area contributed by atoms with Crippen molar-refractivity contribution in [2.24, 2.45) is 0 Å². The van der Waals surface area contributed by atoms with Gasteiger partial charge in [-0.15, -0.1) is 0 Å². The molecule has 0 spiro atoms. The fraction of sp³-hybridized carbons (Fsp3) is 0.500. The molecule has 1 N–H and O–H groups in total. The summed E-state index contributed by atoms with van der Waals surface area (Å²) in [7, 11) is 4.13. The standard InChI is InChI=1S/C12H20N2/c1-4-13-10-9-11-5-7-12(8-6-11)14(2)3/h5-8,13H,4,9-10H2,1-3H3. The molecule has 0 unspecified atom stereocenters. The van der Waals surface area contributed by atoms with E-state index in [0.29, 0.717) is 0 Å². The average molecular weight is 192 g/mol. The summed E-state index contributed by atoms with van der Waals surface area (Å²) in [4.78, 5) is 2.12. The third kappa shape index (κ3) is 3.38. The fourth-order valence-electron chi connectivity index (χ4n) is 1.37. The summed E-state index contributed by atoms with van der Waals surface area (Å²) >= 11 is 0. The maximum atomic E-state index is 3.32. The molecule has 2 nitrogen and oxygen atoms in total. The molecule has 0 bridgehead atoms. The Morgan fingerprint density at radius 1 is 1.14 bits per heavy atom. The minimum Gasteiger partial charge on any atom is -0.378 e. The van der Waals surface area contributed by atoms with Crippen LogP contribution in [0, 0.1) is 0 Å². The summed E-state index contributed by atoms with van der Waals surface area (Å²) in [5.74, 6) is 0. The molecule has 0 atom stereocenters. The Morgan fingerprint density at radius 3 is 2.29 bits per heavy atom. The molecule has 0 aliphatic rings. The molecular formula is C12H20N2. The molecule has 1 rings (SSSR count). The van der Waals surface area contributed by atoms with Crippen molar-refractivity contribution in [2.75, 3.05) is 32.1 Å². The fourth-order valence-corrected chi connectivity index (χ4v) is 1.37. The zero-order chi connectivity index (χ0) is 10.4. The van der Waals surface area contributed by atoms with Crippen LogP contribution in [0.3, 0.4) is 0 Å². The van der Waals surface area contributed by atoms with E-state index >= 15 is 0 Å². The molecule has 0 aliphatic carbocycles. The number of anilines is 1. The van der Waals surface area contributed by atoms with Crippen LogP contribution in [0.25, 0.3) is 0 Å². The summed E-state index contributed by atoms with van der Waals surface area (Å²) in [6, 6.07) is 8.74. The molecule has 0 amide bonds. The molecule has 78 valence electrons. The lowest BCUT2D eigenvalue weighted by Gasteiger charge is -2.12. The Labute approximate surface area is 86.9 Å². The van der Waals surface area contributed by atoms with Gasteiger partial charge >= 0.3 is 0 Å². The van der Waals surface area contributed by atoms with Gasteiger partial charge in [-0.05, 0) is 37.2 Å². The molecule has 0 aliphatic heterocycles. The lowest BCUT2D eigenvalue weighted by atomic mass is 10.1. The van der Waals surface area contributed by atoms with Gasteiger partial charge in [0.05, 0.1) is 0 Å². The van der Waals surface area contributed by atoms with Gasteiger partial charge in [-0.25, -0.2) is 0 Å². The van der Waals surface area contributed by atoms with Gasteiger partial charge in [0.1, 0.15) is 0 Å². The highest BCUT2D eigenvalue weighted by Crippen LogP contribution is 2.12. The first-order valence-corrected chi connectivity index (χ1v) is 5.21. The lowest BCUT2D eigenvalue weighted by molar-refractivity contribution is 0.716. The molecule has 0 saturated heterocycles. The maximum absolute atomic E-state index is 3.32. The van der Waals surface area contributed by atoms with E-state index in [1.54, 1.807) is 0 Å². The summed E-state index contributed by atoms with van der Waals surface area (Å²) in [5.41, 5.74) is 2.66. The Hall–Kier alpha value is -1.02. The number of hydrogen-bond acceptors (Lipinski definition) is 2. The number of nitrogens with one attached hydrogen (secondary N) is 1. The Bertz CT molecular complexity index is 252. The molecule has 2 heteroatoms. The van der Waals surface area contributed by atoms with Crippen molar-refractivity contribution in [3.05, 3.63) is 29.8 Å². The topological polar surface area (TPSA) is 15.3 Å². The predicted molar refractivity (Wildman–Crippen MR) is 63.0 cm³/mol. The lowest BCUT2D eigenvalue weighted by Crippen LogP contribution is -2.16. The molecule has 0 heterocycles. The first kappa shape index (κ1) is 11.1. The molecule has 0 radical (unpaired) electrons. The smallest absolute Gasteiger partial charge is 0.0361 e. The van der Waals surface area contributed by atoms with Crippen LogP contribution in [0.4, 0.5) is 5.69 Å². The summed E-state index contributed by atoms with van der Waals surface area (Å²) in [5, 5.41) is 3.32. The van der Waals surface area contributed by atoms with Crippen LogP contribution >= 0.6 is 0 Å². The van der Waals surface area contributed by atoms with Gasteiger partial charge in [0, 0.05) is 19.8 Å². The van der Waals surface area contributed by atoms with E-state index in [9.17, 15) is 0 Å². The van der Waals surface area contributed by atoms with Gasteiger partial charge in [-0.2, -0.15) is 0 Å². The molecule has 0 aromatic heterocycles. The minimum absolute atomic E-state index is 1.05. The van der Waals surface area contributed by atoms with Crippen molar-refractivity contribution in [2.45, 2.75) is 13.3 Å². The van der Waals surface area contributed by atoms with Crippen molar-refractivity contribution in [3.8, 4) is 0 Å². The largest absolute Gasteiger partial charge is 0.378 e. The van der Waals surface area contributed by atoms with Gasteiger partial charge in [0.15, 0.2) is 0 Å². The normalized spacial score (nSPS) is 10.2. The van der Waals surface area contributed by atoms with Crippen LogP contribution in [0.2, 0.25) is 0 Å². The third-order valence-electron chi connectivity index (χ3n) is 2.29. The second kappa shape index (κ2) is 5.66. The number of nitrogens with zero attached hydrogens (tertiary/aromatic N) is 1.